The minimum Gasteiger partial charge on any atom is -0.480 e. The van der Waals surface area contributed by atoms with Crippen molar-refractivity contribution in [3.63, 3.8) is 0 Å². The summed E-state index contributed by atoms with van der Waals surface area (Å²) in [5.74, 6) is -2.11. The molecule has 0 fully saturated rings. The Morgan fingerprint density at radius 2 is 1.67 bits per heavy atom. The first-order chi connectivity index (χ1) is 8.53. The lowest BCUT2D eigenvalue weighted by molar-refractivity contribution is -0.165. The number of carboxylic acids is 2. The lowest BCUT2D eigenvalue weighted by Crippen LogP contribution is -2.41. The van der Waals surface area contributed by atoms with Gasteiger partial charge in [-0.2, -0.15) is 12.6 Å². The van der Waals surface area contributed by atoms with E-state index in [1.807, 2.05) is 0 Å². The van der Waals surface area contributed by atoms with Gasteiger partial charge in [0.25, 0.3) is 0 Å². The number of benzene rings is 1. The van der Waals surface area contributed by atoms with Crippen LogP contribution < -0.4 is 0 Å². The molecule has 0 unspecified atom stereocenters. The molecular formula is C13H16O4S. The van der Waals surface area contributed by atoms with E-state index >= 15 is 0 Å². The molecule has 0 bridgehead atoms. The van der Waals surface area contributed by atoms with E-state index in [1.165, 1.54) is 0 Å². The van der Waals surface area contributed by atoms with Crippen molar-refractivity contribution in [2.24, 2.45) is 5.41 Å². The summed E-state index contributed by atoms with van der Waals surface area (Å²) in [6, 6.07) is 8.81. The maximum Gasteiger partial charge on any atom is 0.321 e. The first-order valence-corrected chi connectivity index (χ1v) is 6.28. The van der Waals surface area contributed by atoms with Gasteiger partial charge in [-0.15, -0.1) is 0 Å². The van der Waals surface area contributed by atoms with Gasteiger partial charge < -0.3 is 10.2 Å². The van der Waals surface area contributed by atoms with Crippen molar-refractivity contribution in [1.82, 2.24) is 0 Å². The molecule has 0 aliphatic rings. The molecule has 0 aliphatic heterocycles. The SMILES string of the molecule is O=C(O)C(CCCS)(Cc1ccccc1)C(=O)O. The fourth-order valence-electron chi connectivity index (χ4n) is 1.87. The summed E-state index contributed by atoms with van der Waals surface area (Å²) in [5.41, 5.74) is -1.05. The molecule has 0 atom stereocenters. The molecule has 1 aromatic carbocycles. The normalized spacial score (nSPS) is 11.2. The summed E-state index contributed by atoms with van der Waals surface area (Å²) in [5, 5.41) is 18.6. The lowest BCUT2D eigenvalue weighted by Gasteiger charge is -2.24. The zero-order chi connectivity index (χ0) is 13.6. The third-order valence-corrected chi connectivity index (χ3v) is 3.25. The van der Waals surface area contributed by atoms with Crippen molar-refractivity contribution in [2.45, 2.75) is 19.3 Å². The van der Waals surface area contributed by atoms with Crippen LogP contribution in [0.5, 0.6) is 0 Å². The van der Waals surface area contributed by atoms with Crippen LogP contribution in [-0.2, 0) is 16.0 Å². The van der Waals surface area contributed by atoms with E-state index in [0.29, 0.717) is 17.7 Å². The zero-order valence-corrected chi connectivity index (χ0v) is 10.8. The number of hydrogen-bond donors (Lipinski definition) is 3. The summed E-state index contributed by atoms with van der Waals surface area (Å²) in [7, 11) is 0. The maximum atomic E-state index is 11.4. The molecule has 0 saturated carbocycles. The van der Waals surface area contributed by atoms with Gasteiger partial charge in [0.2, 0.25) is 0 Å². The molecule has 5 heteroatoms. The Labute approximate surface area is 111 Å². The van der Waals surface area contributed by atoms with Crippen molar-refractivity contribution < 1.29 is 19.8 Å². The predicted molar refractivity (Wildman–Crippen MR) is 70.9 cm³/mol. The summed E-state index contributed by atoms with van der Waals surface area (Å²) < 4.78 is 0. The van der Waals surface area contributed by atoms with Crippen LogP contribution in [0.3, 0.4) is 0 Å². The fraction of sp³-hybridized carbons (Fsp3) is 0.385. The Balaban J connectivity index is 3.02. The van der Waals surface area contributed by atoms with Gasteiger partial charge in [-0.25, -0.2) is 0 Å². The number of carbonyl (C=O) groups is 2. The van der Waals surface area contributed by atoms with Gasteiger partial charge in [-0.3, -0.25) is 9.59 Å². The van der Waals surface area contributed by atoms with E-state index in [9.17, 15) is 19.8 Å². The summed E-state index contributed by atoms with van der Waals surface area (Å²) in [4.78, 5) is 22.7. The quantitative estimate of drug-likeness (QED) is 0.523. The second kappa shape index (κ2) is 6.44. The Bertz CT molecular complexity index is 402. The van der Waals surface area contributed by atoms with Gasteiger partial charge in [0.1, 0.15) is 0 Å². The van der Waals surface area contributed by atoms with Gasteiger partial charge >= 0.3 is 11.9 Å². The molecule has 0 aliphatic carbocycles. The van der Waals surface area contributed by atoms with Crippen LogP contribution in [0.2, 0.25) is 0 Å². The molecule has 2 N–H and O–H groups in total. The number of hydrogen-bond acceptors (Lipinski definition) is 3. The molecule has 0 aromatic heterocycles. The molecule has 1 rings (SSSR count). The predicted octanol–water partition coefficient (Wildman–Crippen LogP) is 2.09. The van der Waals surface area contributed by atoms with Crippen LogP contribution in [0.25, 0.3) is 0 Å². The first kappa shape index (κ1) is 14.6. The Kier molecular flexibility index (Phi) is 5.22. The molecule has 18 heavy (non-hydrogen) atoms. The van der Waals surface area contributed by atoms with E-state index in [0.717, 1.165) is 0 Å². The highest BCUT2D eigenvalue weighted by molar-refractivity contribution is 7.80. The van der Waals surface area contributed by atoms with Crippen molar-refractivity contribution in [2.75, 3.05) is 5.75 Å². The molecule has 0 heterocycles. The first-order valence-electron chi connectivity index (χ1n) is 5.64. The van der Waals surface area contributed by atoms with Crippen LogP contribution in [-0.4, -0.2) is 27.9 Å². The number of rotatable bonds is 7. The minimum atomic E-state index is -1.76. The van der Waals surface area contributed by atoms with Crippen molar-refractivity contribution in [1.29, 1.82) is 0 Å². The average Bonchev–Trinajstić information content (AvgIpc) is 2.35. The summed E-state index contributed by atoms with van der Waals surface area (Å²) in [6.07, 6.45) is 0.525. The van der Waals surface area contributed by atoms with Crippen molar-refractivity contribution >= 4 is 24.6 Å². The molecule has 98 valence electrons. The van der Waals surface area contributed by atoms with E-state index in [4.69, 9.17) is 0 Å². The van der Waals surface area contributed by atoms with E-state index in [-0.39, 0.29) is 12.8 Å². The van der Waals surface area contributed by atoms with Crippen LogP contribution in [0.15, 0.2) is 30.3 Å². The highest BCUT2D eigenvalue weighted by Gasteiger charge is 2.45. The van der Waals surface area contributed by atoms with Crippen LogP contribution in [0.1, 0.15) is 18.4 Å². The maximum absolute atomic E-state index is 11.4. The van der Waals surface area contributed by atoms with Gasteiger partial charge in [-0.05, 0) is 30.6 Å². The largest absolute Gasteiger partial charge is 0.480 e. The zero-order valence-electron chi connectivity index (χ0n) is 9.87. The number of carboxylic acid groups (broad SMARTS) is 2. The highest BCUT2D eigenvalue weighted by Crippen LogP contribution is 2.30. The third-order valence-electron chi connectivity index (χ3n) is 2.93. The van der Waals surface area contributed by atoms with Gasteiger partial charge in [0.05, 0.1) is 0 Å². The second-order valence-corrected chi connectivity index (χ2v) is 4.63. The molecule has 1 aromatic rings. The van der Waals surface area contributed by atoms with E-state index in [2.05, 4.69) is 12.6 Å². The Morgan fingerprint density at radius 3 is 2.11 bits per heavy atom. The third kappa shape index (κ3) is 3.26. The monoisotopic (exact) mass is 268 g/mol. The van der Waals surface area contributed by atoms with E-state index < -0.39 is 17.4 Å². The van der Waals surface area contributed by atoms with Crippen LogP contribution >= 0.6 is 12.6 Å². The summed E-state index contributed by atoms with van der Waals surface area (Å²) in [6.45, 7) is 0. The van der Waals surface area contributed by atoms with Crippen LogP contribution in [0.4, 0.5) is 0 Å². The van der Waals surface area contributed by atoms with Gasteiger partial charge in [-0.1, -0.05) is 30.3 Å². The fourth-order valence-corrected chi connectivity index (χ4v) is 2.03. The number of aliphatic carboxylic acids is 2. The number of thiol groups is 1. The minimum absolute atomic E-state index is 0.00765. The smallest absolute Gasteiger partial charge is 0.321 e. The van der Waals surface area contributed by atoms with Crippen molar-refractivity contribution in [3.8, 4) is 0 Å². The summed E-state index contributed by atoms with van der Waals surface area (Å²) >= 11 is 4.01. The average molecular weight is 268 g/mol. The molecule has 0 spiro atoms. The molecular weight excluding hydrogens is 252 g/mol. The topological polar surface area (TPSA) is 74.6 Å². The van der Waals surface area contributed by atoms with Gasteiger partial charge in [0.15, 0.2) is 5.41 Å². The molecule has 0 amide bonds. The van der Waals surface area contributed by atoms with Gasteiger partial charge in [0, 0.05) is 0 Å². The standard InChI is InChI=1S/C13H16O4S/c14-11(15)13(12(16)17,7-4-8-18)9-10-5-2-1-3-6-10/h1-3,5-6,18H,4,7-9H2,(H,14,15)(H,16,17). The molecule has 0 saturated heterocycles. The second-order valence-electron chi connectivity index (χ2n) is 4.18. The van der Waals surface area contributed by atoms with E-state index in [1.54, 1.807) is 30.3 Å². The molecule has 0 radical (unpaired) electrons. The Morgan fingerprint density at radius 1 is 1.11 bits per heavy atom. The lowest BCUT2D eigenvalue weighted by atomic mass is 9.78. The highest BCUT2D eigenvalue weighted by atomic mass is 32.1. The Hall–Kier alpha value is -1.49. The molecule has 4 nitrogen and oxygen atoms in total. The van der Waals surface area contributed by atoms with Crippen molar-refractivity contribution in [3.05, 3.63) is 35.9 Å². The van der Waals surface area contributed by atoms with Crippen LogP contribution in [0, 0.1) is 5.41 Å².